The van der Waals surface area contributed by atoms with E-state index in [-0.39, 0.29) is 24.2 Å². The van der Waals surface area contributed by atoms with Crippen LogP contribution in [0.5, 0.6) is 0 Å². The average Bonchev–Trinajstić information content (AvgIpc) is 3.51. The summed E-state index contributed by atoms with van der Waals surface area (Å²) in [6, 6.07) is 7.29. The molecule has 5 rings (SSSR count). The quantitative estimate of drug-likeness (QED) is 0.667. The van der Waals surface area contributed by atoms with Crippen molar-refractivity contribution < 1.29 is 22.9 Å². The van der Waals surface area contributed by atoms with Gasteiger partial charge in [-0.1, -0.05) is 31.0 Å². The number of fused-ring (bicyclic) bond motifs is 2. The minimum atomic E-state index is -2.86. The molecule has 2 aliphatic carbocycles. The second kappa shape index (κ2) is 6.51. The monoisotopic (exact) mass is 405 g/mol. The summed E-state index contributed by atoms with van der Waals surface area (Å²) in [5.41, 5.74) is 0.841. The molecule has 1 aromatic rings. The first kappa shape index (κ1) is 20.8. The molecule has 2 heterocycles. The van der Waals surface area contributed by atoms with Crippen molar-refractivity contribution in [2.24, 2.45) is 0 Å². The predicted octanol–water partition coefficient (Wildman–Crippen LogP) is 4.96. The zero-order chi connectivity index (χ0) is 21.2. The summed E-state index contributed by atoms with van der Waals surface area (Å²) in [4.78, 5) is 13.5. The van der Waals surface area contributed by atoms with Crippen LogP contribution < -0.4 is 4.90 Å². The number of hydrogen-bond donors (Lipinski definition) is 0. The standard InChI is InChI=1S/C13H13F2NO.C9H17BO2/c1-12(14,15)8-16-10-5-3-2-4-9(10)13(6-7-13)11(16)17;1-8(2)9(3,4)12-10(11-8)7-5-6-7/h2-5H,6-8H2,1H3;7H,5-6H2,1-4H3. The Morgan fingerprint density at radius 3 is 2.14 bits per heavy atom. The molecular formula is C22H30BF2NO3. The van der Waals surface area contributed by atoms with Gasteiger partial charge >= 0.3 is 7.12 Å². The van der Waals surface area contributed by atoms with Gasteiger partial charge in [-0.2, -0.15) is 0 Å². The number of nitrogens with zero attached hydrogens (tertiary/aromatic N) is 1. The van der Waals surface area contributed by atoms with Gasteiger partial charge in [-0.3, -0.25) is 4.79 Å². The molecule has 1 aromatic carbocycles. The van der Waals surface area contributed by atoms with E-state index in [0.717, 1.165) is 25.3 Å². The molecule has 158 valence electrons. The maximum absolute atomic E-state index is 13.1. The van der Waals surface area contributed by atoms with Crippen molar-refractivity contribution in [1.82, 2.24) is 0 Å². The molecule has 1 amide bonds. The highest BCUT2D eigenvalue weighted by Gasteiger charge is 2.59. The Kier molecular flexibility index (Phi) is 4.67. The van der Waals surface area contributed by atoms with Crippen LogP contribution in [0, 0.1) is 0 Å². The van der Waals surface area contributed by atoms with E-state index in [1.165, 1.54) is 17.7 Å². The molecule has 0 bridgehead atoms. The molecule has 2 saturated carbocycles. The molecule has 0 radical (unpaired) electrons. The highest BCUT2D eigenvalue weighted by Crippen LogP contribution is 2.57. The van der Waals surface area contributed by atoms with Gasteiger partial charge < -0.3 is 14.2 Å². The molecular weight excluding hydrogens is 375 g/mol. The minimum Gasteiger partial charge on any atom is -0.403 e. The van der Waals surface area contributed by atoms with E-state index in [0.29, 0.717) is 11.5 Å². The van der Waals surface area contributed by atoms with Gasteiger partial charge in [-0.25, -0.2) is 8.78 Å². The zero-order valence-corrected chi connectivity index (χ0v) is 17.9. The largest absolute Gasteiger partial charge is 0.461 e. The number of carbonyl (C=O) groups excluding carboxylic acids is 1. The second-order valence-corrected chi connectivity index (χ2v) is 10.0. The Hall–Kier alpha value is -1.47. The second-order valence-electron chi connectivity index (χ2n) is 10.0. The van der Waals surface area contributed by atoms with Crippen molar-refractivity contribution in [2.45, 2.75) is 88.7 Å². The van der Waals surface area contributed by atoms with Crippen LogP contribution in [0.4, 0.5) is 14.5 Å². The summed E-state index contributed by atoms with van der Waals surface area (Å²) in [6.45, 7) is 8.75. The lowest BCUT2D eigenvalue weighted by Gasteiger charge is -2.32. The fourth-order valence-corrected chi connectivity index (χ4v) is 4.09. The van der Waals surface area contributed by atoms with E-state index >= 15 is 0 Å². The summed E-state index contributed by atoms with van der Waals surface area (Å²) in [7, 11) is 0.0648. The van der Waals surface area contributed by atoms with E-state index in [1.807, 2.05) is 12.1 Å². The van der Waals surface area contributed by atoms with Crippen molar-refractivity contribution in [1.29, 1.82) is 0 Å². The number of anilines is 1. The first-order valence-corrected chi connectivity index (χ1v) is 10.5. The van der Waals surface area contributed by atoms with Crippen LogP contribution in [0.15, 0.2) is 24.3 Å². The third kappa shape index (κ3) is 3.72. The lowest BCUT2D eigenvalue weighted by Crippen LogP contribution is -2.41. The van der Waals surface area contributed by atoms with Gasteiger partial charge in [-0.15, -0.1) is 0 Å². The molecule has 2 aliphatic heterocycles. The molecule has 3 fully saturated rings. The van der Waals surface area contributed by atoms with Crippen molar-refractivity contribution >= 4 is 18.7 Å². The SMILES string of the molecule is CC(F)(F)CN1C(=O)C2(CC2)c2ccccc21.CC1(C)OB(C2CC2)OC1(C)C. The fraction of sp³-hybridized carbons (Fsp3) is 0.682. The van der Waals surface area contributed by atoms with Gasteiger partial charge in [0, 0.05) is 12.6 Å². The highest BCUT2D eigenvalue weighted by molar-refractivity contribution is 6.48. The van der Waals surface area contributed by atoms with Crippen LogP contribution in [0.3, 0.4) is 0 Å². The van der Waals surface area contributed by atoms with E-state index in [2.05, 4.69) is 27.7 Å². The van der Waals surface area contributed by atoms with Crippen molar-refractivity contribution in [2.75, 3.05) is 11.4 Å². The van der Waals surface area contributed by atoms with E-state index in [9.17, 15) is 13.6 Å². The molecule has 1 saturated heterocycles. The van der Waals surface area contributed by atoms with Crippen molar-refractivity contribution in [3.05, 3.63) is 29.8 Å². The van der Waals surface area contributed by atoms with Gasteiger partial charge in [-0.05, 0) is 58.0 Å². The maximum atomic E-state index is 13.1. The molecule has 1 spiro atoms. The van der Waals surface area contributed by atoms with Gasteiger partial charge in [0.1, 0.15) is 0 Å². The average molecular weight is 405 g/mol. The van der Waals surface area contributed by atoms with E-state index in [1.54, 1.807) is 12.1 Å². The van der Waals surface area contributed by atoms with Crippen molar-refractivity contribution in [3.8, 4) is 0 Å². The molecule has 0 N–H and O–H groups in total. The molecule has 4 nitrogen and oxygen atoms in total. The molecule has 0 aromatic heterocycles. The fourth-order valence-electron chi connectivity index (χ4n) is 4.09. The summed E-state index contributed by atoms with van der Waals surface area (Å²) in [5, 5.41) is 0. The number of alkyl halides is 2. The maximum Gasteiger partial charge on any atom is 0.461 e. The Labute approximate surface area is 172 Å². The normalized spacial score (nSPS) is 25.7. The van der Waals surface area contributed by atoms with E-state index in [4.69, 9.17) is 9.31 Å². The summed E-state index contributed by atoms with van der Waals surface area (Å²) in [6.07, 6.45) is 4.12. The predicted molar refractivity (Wildman–Crippen MR) is 109 cm³/mol. The third-order valence-corrected chi connectivity index (χ3v) is 6.83. The Bertz CT molecular complexity index is 797. The Morgan fingerprint density at radius 2 is 1.66 bits per heavy atom. The topological polar surface area (TPSA) is 38.8 Å². The lowest BCUT2D eigenvalue weighted by molar-refractivity contribution is -0.121. The van der Waals surface area contributed by atoms with Crippen molar-refractivity contribution in [3.63, 3.8) is 0 Å². The number of amides is 1. The van der Waals surface area contributed by atoms with Gasteiger partial charge in [0.25, 0.3) is 5.92 Å². The summed E-state index contributed by atoms with van der Waals surface area (Å²) in [5.74, 6) is -2.34. The molecule has 0 unspecified atom stereocenters. The van der Waals surface area contributed by atoms with Gasteiger partial charge in [0.2, 0.25) is 5.91 Å². The number of para-hydroxylation sites is 1. The van der Waals surface area contributed by atoms with E-state index < -0.39 is 17.9 Å². The first-order valence-electron chi connectivity index (χ1n) is 10.5. The Morgan fingerprint density at radius 1 is 1.10 bits per heavy atom. The third-order valence-electron chi connectivity index (χ3n) is 6.83. The molecule has 29 heavy (non-hydrogen) atoms. The van der Waals surface area contributed by atoms with Crippen LogP contribution >= 0.6 is 0 Å². The minimum absolute atomic E-state index is 0.0648. The molecule has 7 heteroatoms. The van der Waals surface area contributed by atoms with Crippen LogP contribution in [-0.2, 0) is 19.5 Å². The lowest BCUT2D eigenvalue weighted by atomic mass is 9.82. The first-order chi connectivity index (χ1) is 13.4. The van der Waals surface area contributed by atoms with Crippen LogP contribution in [0.25, 0.3) is 0 Å². The Balaban J connectivity index is 0.000000150. The highest BCUT2D eigenvalue weighted by atomic mass is 19.3. The molecule has 0 atom stereocenters. The van der Waals surface area contributed by atoms with Gasteiger partial charge in [0.05, 0.1) is 23.2 Å². The van der Waals surface area contributed by atoms with Crippen LogP contribution in [0.2, 0.25) is 5.82 Å². The van der Waals surface area contributed by atoms with Crippen LogP contribution in [0.1, 0.15) is 65.9 Å². The zero-order valence-electron chi connectivity index (χ0n) is 17.9. The number of benzene rings is 1. The summed E-state index contributed by atoms with van der Waals surface area (Å²) >= 11 is 0. The number of hydrogen-bond acceptors (Lipinski definition) is 3. The number of carbonyl (C=O) groups is 1. The summed E-state index contributed by atoms with van der Waals surface area (Å²) < 4.78 is 38.0. The van der Waals surface area contributed by atoms with Gasteiger partial charge in [0.15, 0.2) is 0 Å². The number of rotatable bonds is 3. The van der Waals surface area contributed by atoms with Crippen LogP contribution in [-0.4, -0.2) is 36.7 Å². The smallest absolute Gasteiger partial charge is 0.403 e. The molecule has 4 aliphatic rings. The number of halogens is 2.